The van der Waals surface area contributed by atoms with Gasteiger partial charge in [-0.25, -0.2) is 13.6 Å². The number of hydrogen-bond acceptors (Lipinski definition) is 5. The summed E-state index contributed by atoms with van der Waals surface area (Å²) >= 11 is 0. The summed E-state index contributed by atoms with van der Waals surface area (Å²) in [5, 5.41) is 0. The van der Waals surface area contributed by atoms with E-state index in [1.54, 1.807) is 16.7 Å². The second-order valence-electron chi connectivity index (χ2n) is 8.93. The number of piperidine rings is 1. The van der Waals surface area contributed by atoms with Crippen molar-refractivity contribution < 1.29 is 27.8 Å². The topological polar surface area (TPSA) is 59.1 Å². The fourth-order valence-electron chi connectivity index (χ4n) is 4.38. The molecule has 1 amide bonds. The number of Topliss-reactive ketones (excluding diaryl/α,β-unsaturated/α-hetero) is 1. The van der Waals surface area contributed by atoms with Crippen LogP contribution in [-0.4, -0.2) is 55.2 Å². The lowest BCUT2D eigenvalue weighted by atomic mass is 9.92. The zero-order chi connectivity index (χ0) is 22.2. The molecule has 2 aliphatic rings. The molecule has 0 saturated carbocycles. The Morgan fingerprint density at radius 3 is 2.53 bits per heavy atom. The number of benzene rings is 1. The number of carbonyl (C=O) groups is 2. The number of fused-ring (bicyclic) bond motifs is 1. The molecule has 0 aromatic heterocycles. The van der Waals surface area contributed by atoms with Crippen molar-refractivity contribution in [2.24, 2.45) is 5.92 Å². The average molecular weight is 424 g/mol. The summed E-state index contributed by atoms with van der Waals surface area (Å²) < 4.78 is 40.7. The smallest absolute Gasteiger partial charge is 0.410 e. The molecular formula is C22H30F2N2O4. The largest absolute Gasteiger partial charge is 0.491 e. The molecule has 2 aliphatic heterocycles. The number of anilines is 1. The Morgan fingerprint density at radius 2 is 1.93 bits per heavy atom. The Balaban J connectivity index is 1.91. The van der Waals surface area contributed by atoms with Crippen molar-refractivity contribution >= 4 is 17.6 Å². The Kier molecular flexibility index (Phi) is 6.24. The quantitative estimate of drug-likeness (QED) is 0.671. The van der Waals surface area contributed by atoms with E-state index in [1.807, 2.05) is 20.8 Å². The summed E-state index contributed by atoms with van der Waals surface area (Å²) in [5.41, 5.74) is -0.911. The van der Waals surface area contributed by atoms with E-state index < -0.39 is 23.0 Å². The summed E-state index contributed by atoms with van der Waals surface area (Å²) in [7, 11) is 1.26. The molecule has 0 bridgehead atoms. The van der Waals surface area contributed by atoms with Gasteiger partial charge >= 0.3 is 6.09 Å². The number of likely N-dealkylation sites (tertiary alicyclic amines) is 1. The molecular weight excluding hydrogens is 394 g/mol. The maximum absolute atomic E-state index is 15.0. The molecule has 8 heteroatoms. The lowest BCUT2D eigenvalue weighted by Gasteiger charge is -2.37. The standard InChI is InChI=1S/C22H30F2N2O4/c1-6-17(27)14-10-15(23)19(20(29-5)18(14)24)25-11-13-8-7-9-26(16(13)12-25)21(28)30-22(2,3)4/h10,13,16H,6-9,11-12H2,1-5H3. The van der Waals surface area contributed by atoms with Crippen LogP contribution in [0.15, 0.2) is 6.07 Å². The van der Waals surface area contributed by atoms with E-state index in [-0.39, 0.29) is 41.5 Å². The zero-order valence-corrected chi connectivity index (χ0v) is 18.3. The molecule has 3 rings (SSSR count). The van der Waals surface area contributed by atoms with E-state index in [0.29, 0.717) is 19.6 Å². The van der Waals surface area contributed by atoms with Gasteiger partial charge in [0.05, 0.1) is 18.7 Å². The van der Waals surface area contributed by atoms with E-state index in [9.17, 15) is 14.0 Å². The van der Waals surface area contributed by atoms with Crippen molar-refractivity contribution in [2.45, 2.75) is 58.6 Å². The number of amides is 1. The van der Waals surface area contributed by atoms with Gasteiger partial charge in [0, 0.05) is 26.1 Å². The van der Waals surface area contributed by atoms with Crippen molar-refractivity contribution in [2.75, 3.05) is 31.6 Å². The predicted octanol–water partition coefficient (Wildman–Crippen LogP) is 4.40. The highest BCUT2D eigenvalue weighted by Crippen LogP contribution is 2.41. The molecule has 1 aromatic rings. The molecule has 6 nitrogen and oxygen atoms in total. The van der Waals surface area contributed by atoms with E-state index in [0.717, 1.165) is 18.9 Å². The van der Waals surface area contributed by atoms with Gasteiger partial charge < -0.3 is 19.3 Å². The molecule has 30 heavy (non-hydrogen) atoms. The molecule has 0 spiro atoms. The normalized spacial score (nSPS) is 21.4. The van der Waals surface area contributed by atoms with Gasteiger partial charge in [-0.1, -0.05) is 6.92 Å². The lowest BCUT2D eigenvalue weighted by Crippen LogP contribution is -2.50. The predicted molar refractivity (Wildman–Crippen MR) is 109 cm³/mol. The van der Waals surface area contributed by atoms with E-state index in [2.05, 4.69) is 0 Å². The molecule has 2 fully saturated rings. The van der Waals surface area contributed by atoms with Gasteiger partial charge in [-0.05, 0) is 45.6 Å². The molecule has 166 valence electrons. The number of ketones is 1. The van der Waals surface area contributed by atoms with Gasteiger partial charge in [-0.15, -0.1) is 0 Å². The first-order valence-corrected chi connectivity index (χ1v) is 10.4. The van der Waals surface area contributed by atoms with Crippen LogP contribution < -0.4 is 9.64 Å². The first-order chi connectivity index (χ1) is 14.1. The number of methoxy groups -OCH3 is 1. The molecule has 0 aliphatic carbocycles. The maximum atomic E-state index is 15.0. The zero-order valence-electron chi connectivity index (χ0n) is 18.3. The van der Waals surface area contributed by atoms with Crippen molar-refractivity contribution in [3.05, 3.63) is 23.3 Å². The highest BCUT2D eigenvalue weighted by molar-refractivity contribution is 5.97. The van der Waals surface area contributed by atoms with E-state index in [4.69, 9.17) is 9.47 Å². The second kappa shape index (κ2) is 8.40. The number of nitrogens with zero attached hydrogens (tertiary/aromatic N) is 2. The lowest BCUT2D eigenvalue weighted by molar-refractivity contribution is 0.00669. The molecule has 1 aromatic carbocycles. The van der Waals surface area contributed by atoms with Crippen LogP contribution in [0.4, 0.5) is 19.3 Å². The highest BCUT2D eigenvalue weighted by Gasteiger charge is 2.44. The Morgan fingerprint density at radius 1 is 1.23 bits per heavy atom. The van der Waals surface area contributed by atoms with Crippen LogP contribution in [0.2, 0.25) is 0 Å². The first-order valence-electron chi connectivity index (χ1n) is 10.4. The molecule has 2 saturated heterocycles. The molecule has 2 atom stereocenters. The number of halogens is 2. The third kappa shape index (κ3) is 4.23. The first kappa shape index (κ1) is 22.3. The Labute approximate surface area is 176 Å². The molecule has 0 N–H and O–H groups in total. The maximum Gasteiger partial charge on any atom is 0.410 e. The highest BCUT2D eigenvalue weighted by atomic mass is 19.1. The average Bonchev–Trinajstić information content (AvgIpc) is 3.10. The Bertz CT molecular complexity index is 837. The number of ether oxygens (including phenoxy) is 2. The van der Waals surface area contributed by atoms with E-state index >= 15 is 4.39 Å². The second-order valence-corrected chi connectivity index (χ2v) is 8.93. The van der Waals surface area contributed by atoms with Crippen LogP contribution in [0.25, 0.3) is 0 Å². The van der Waals surface area contributed by atoms with Crippen LogP contribution >= 0.6 is 0 Å². The van der Waals surface area contributed by atoms with Gasteiger partial charge in [0.1, 0.15) is 11.3 Å². The minimum atomic E-state index is -0.848. The van der Waals surface area contributed by atoms with E-state index in [1.165, 1.54) is 7.11 Å². The van der Waals surface area contributed by atoms with Crippen molar-refractivity contribution in [3.63, 3.8) is 0 Å². The summed E-state index contributed by atoms with van der Waals surface area (Å²) in [6.07, 6.45) is 1.39. The monoisotopic (exact) mass is 424 g/mol. The summed E-state index contributed by atoms with van der Waals surface area (Å²) in [4.78, 5) is 28.1. The molecule has 2 heterocycles. The van der Waals surface area contributed by atoms with Gasteiger partial charge in [-0.3, -0.25) is 4.79 Å². The van der Waals surface area contributed by atoms with Gasteiger partial charge in [-0.2, -0.15) is 0 Å². The SMILES string of the molecule is CCC(=O)c1cc(F)c(N2CC3CCCN(C(=O)OC(C)(C)C)C3C2)c(OC)c1F. The van der Waals surface area contributed by atoms with Crippen molar-refractivity contribution in [1.82, 2.24) is 4.90 Å². The summed E-state index contributed by atoms with van der Waals surface area (Å²) in [5.74, 6) is -2.18. The number of hydrogen-bond donors (Lipinski definition) is 0. The fourth-order valence-corrected chi connectivity index (χ4v) is 4.38. The van der Waals surface area contributed by atoms with Crippen LogP contribution in [0.5, 0.6) is 5.75 Å². The van der Waals surface area contributed by atoms with Crippen LogP contribution in [-0.2, 0) is 4.74 Å². The molecule has 0 radical (unpaired) electrons. The van der Waals surface area contributed by atoms with Gasteiger partial charge in [0.15, 0.2) is 23.2 Å². The number of rotatable bonds is 4. The van der Waals surface area contributed by atoms with Crippen molar-refractivity contribution in [1.29, 1.82) is 0 Å². The molecule has 2 unspecified atom stereocenters. The van der Waals surface area contributed by atoms with Gasteiger partial charge in [0.2, 0.25) is 0 Å². The number of carbonyl (C=O) groups excluding carboxylic acids is 2. The fraction of sp³-hybridized carbons (Fsp3) is 0.636. The summed E-state index contributed by atoms with van der Waals surface area (Å²) in [6.45, 7) is 8.42. The summed E-state index contributed by atoms with van der Waals surface area (Å²) in [6, 6.07) is 0.796. The van der Waals surface area contributed by atoms with Gasteiger partial charge in [0.25, 0.3) is 0 Å². The third-order valence-electron chi connectivity index (χ3n) is 5.70. The van der Waals surface area contributed by atoms with Crippen LogP contribution in [0.3, 0.4) is 0 Å². The third-order valence-corrected chi connectivity index (χ3v) is 5.70. The van der Waals surface area contributed by atoms with Crippen LogP contribution in [0, 0.1) is 17.6 Å². The minimum absolute atomic E-state index is 0.00110. The van der Waals surface area contributed by atoms with Crippen LogP contribution in [0.1, 0.15) is 57.3 Å². The minimum Gasteiger partial charge on any atom is -0.491 e. The van der Waals surface area contributed by atoms with Crippen molar-refractivity contribution in [3.8, 4) is 5.75 Å². The Hall–Kier alpha value is -2.38.